The normalized spacial score (nSPS) is 20.8. The van der Waals surface area contributed by atoms with Gasteiger partial charge in [0.1, 0.15) is 4.75 Å². The molecule has 0 saturated heterocycles. The van der Waals surface area contributed by atoms with Gasteiger partial charge in [-0.15, -0.1) is 0 Å². The number of nitrogens with one attached hydrogen (secondary N) is 1. The molecule has 2 N–H and O–H groups in total. The Labute approximate surface area is 64.5 Å². The van der Waals surface area contributed by atoms with Crippen LogP contribution in [0.2, 0.25) is 0 Å². The fraction of sp³-hybridized carbons (Fsp3) is 0.800. The molecule has 0 heterocycles. The summed E-state index contributed by atoms with van der Waals surface area (Å²) in [5.74, 6) is 0. The van der Waals surface area contributed by atoms with Gasteiger partial charge in [0.2, 0.25) is 16.4 Å². The Kier molecular flexibility index (Phi) is 1.89. The molecule has 1 rings (SSSR count). The third kappa shape index (κ3) is 1.23. The van der Waals surface area contributed by atoms with Crippen molar-refractivity contribution in [1.29, 1.82) is 0 Å². The van der Waals surface area contributed by atoms with E-state index in [1.807, 2.05) is 0 Å². The van der Waals surface area contributed by atoms with Crippen molar-refractivity contribution in [2.45, 2.75) is 17.6 Å². The summed E-state index contributed by atoms with van der Waals surface area (Å²) in [5.41, 5.74) is 0. The summed E-state index contributed by atoms with van der Waals surface area (Å²) in [4.78, 5) is 9.84. The standard InChI is InChI=1S/C5H9NO4S/c7-3-5(1-2-5)11(9,10)6-4-8/h4,7H,1-3H2,(H,6,8). The van der Waals surface area contributed by atoms with Crippen LogP contribution in [0.5, 0.6) is 0 Å². The Hall–Kier alpha value is -0.620. The summed E-state index contributed by atoms with van der Waals surface area (Å²) in [7, 11) is -3.62. The van der Waals surface area contributed by atoms with Crippen molar-refractivity contribution in [1.82, 2.24) is 4.72 Å². The Balaban J connectivity index is 2.80. The molecule has 11 heavy (non-hydrogen) atoms. The van der Waals surface area contributed by atoms with Gasteiger partial charge in [-0.05, 0) is 12.8 Å². The van der Waals surface area contributed by atoms with E-state index in [-0.39, 0.29) is 6.41 Å². The molecule has 0 bridgehead atoms. The van der Waals surface area contributed by atoms with Gasteiger partial charge in [-0.1, -0.05) is 0 Å². The van der Waals surface area contributed by atoms with Crippen LogP contribution in [-0.4, -0.2) is 31.3 Å². The Morgan fingerprint density at radius 1 is 1.55 bits per heavy atom. The SMILES string of the molecule is O=CNS(=O)(=O)C1(CO)CC1. The van der Waals surface area contributed by atoms with Gasteiger partial charge in [-0.25, -0.2) is 8.42 Å². The quantitative estimate of drug-likeness (QED) is 0.519. The van der Waals surface area contributed by atoms with Crippen molar-refractivity contribution < 1.29 is 18.3 Å². The minimum Gasteiger partial charge on any atom is -0.395 e. The molecule has 6 heteroatoms. The van der Waals surface area contributed by atoms with E-state index < -0.39 is 21.4 Å². The van der Waals surface area contributed by atoms with E-state index >= 15 is 0 Å². The minimum atomic E-state index is -3.62. The fourth-order valence-electron chi connectivity index (χ4n) is 0.840. The van der Waals surface area contributed by atoms with Crippen LogP contribution in [0.1, 0.15) is 12.8 Å². The Morgan fingerprint density at radius 2 is 2.09 bits per heavy atom. The molecule has 1 fully saturated rings. The van der Waals surface area contributed by atoms with E-state index in [0.29, 0.717) is 12.8 Å². The summed E-state index contributed by atoms with van der Waals surface area (Å²) in [6.45, 7) is -0.420. The second-order valence-electron chi connectivity index (χ2n) is 2.58. The average molecular weight is 179 g/mol. The van der Waals surface area contributed by atoms with Crippen LogP contribution < -0.4 is 4.72 Å². The highest BCUT2D eigenvalue weighted by Gasteiger charge is 2.54. The molecule has 0 radical (unpaired) electrons. The molecule has 0 atom stereocenters. The number of hydrogen-bond donors (Lipinski definition) is 2. The fourth-order valence-corrected chi connectivity index (χ4v) is 2.03. The molecule has 64 valence electrons. The smallest absolute Gasteiger partial charge is 0.242 e. The minimum absolute atomic E-state index is 0.116. The van der Waals surface area contributed by atoms with Crippen LogP contribution >= 0.6 is 0 Å². The summed E-state index contributed by atoms with van der Waals surface area (Å²) in [5, 5.41) is 8.68. The second kappa shape index (κ2) is 2.46. The van der Waals surface area contributed by atoms with E-state index in [1.165, 1.54) is 0 Å². The number of rotatable bonds is 4. The van der Waals surface area contributed by atoms with E-state index in [4.69, 9.17) is 5.11 Å². The van der Waals surface area contributed by atoms with Gasteiger partial charge in [-0.2, -0.15) is 0 Å². The molecular weight excluding hydrogens is 170 g/mol. The summed E-state index contributed by atoms with van der Waals surface area (Å²) in [6, 6.07) is 0. The van der Waals surface area contributed by atoms with Crippen molar-refractivity contribution in [3.8, 4) is 0 Å². The Bertz CT molecular complexity index is 254. The van der Waals surface area contributed by atoms with Crippen molar-refractivity contribution in [2.75, 3.05) is 6.61 Å². The molecule has 1 saturated carbocycles. The van der Waals surface area contributed by atoms with Crippen molar-refractivity contribution in [2.24, 2.45) is 0 Å². The molecule has 0 aliphatic heterocycles. The van der Waals surface area contributed by atoms with Crippen LogP contribution in [-0.2, 0) is 14.8 Å². The van der Waals surface area contributed by atoms with Crippen LogP contribution in [0.3, 0.4) is 0 Å². The molecule has 0 spiro atoms. The molecule has 1 aliphatic carbocycles. The number of carbonyl (C=O) groups excluding carboxylic acids is 1. The van der Waals surface area contributed by atoms with E-state index in [9.17, 15) is 13.2 Å². The molecule has 0 unspecified atom stereocenters. The number of sulfonamides is 1. The molecular formula is C5H9NO4S. The Morgan fingerprint density at radius 3 is 2.36 bits per heavy atom. The molecule has 0 aromatic rings. The maximum absolute atomic E-state index is 11.0. The predicted molar refractivity (Wildman–Crippen MR) is 37.2 cm³/mol. The van der Waals surface area contributed by atoms with Crippen molar-refractivity contribution in [3.63, 3.8) is 0 Å². The van der Waals surface area contributed by atoms with Crippen molar-refractivity contribution >= 4 is 16.4 Å². The first-order valence-electron chi connectivity index (χ1n) is 3.14. The lowest BCUT2D eigenvalue weighted by atomic mass is 10.5. The monoisotopic (exact) mass is 179 g/mol. The van der Waals surface area contributed by atoms with Crippen molar-refractivity contribution in [3.05, 3.63) is 0 Å². The lowest BCUT2D eigenvalue weighted by Crippen LogP contribution is -2.37. The zero-order valence-corrected chi connectivity index (χ0v) is 6.60. The molecule has 0 aromatic carbocycles. The molecule has 0 aromatic heterocycles. The maximum Gasteiger partial charge on any atom is 0.242 e. The van der Waals surface area contributed by atoms with Crippen LogP contribution in [0.15, 0.2) is 0 Å². The number of carbonyl (C=O) groups is 1. The molecule has 1 amide bonds. The zero-order chi connectivity index (χ0) is 8.54. The van der Waals surface area contributed by atoms with Crippen LogP contribution in [0, 0.1) is 0 Å². The van der Waals surface area contributed by atoms with Gasteiger partial charge < -0.3 is 5.11 Å². The van der Waals surface area contributed by atoms with Gasteiger partial charge >= 0.3 is 0 Å². The summed E-state index contributed by atoms with van der Waals surface area (Å²) < 4.78 is 22.7. The van der Waals surface area contributed by atoms with Crippen LogP contribution in [0.4, 0.5) is 0 Å². The number of hydrogen-bond acceptors (Lipinski definition) is 4. The average Bonchev–Trinajstić information content (AvgIpc) is 2.66. The summed E-state index contributed by atoms with van der Waals surface area (Å²) in [6.07, 6.45) is 0.963. The van der Waals surface area contributed by atoms with Gasteiger partial charge in [-0.3, -0.25) is 9.52 Å². The first-order chi connectivity index (χ1) is 5.08. The number of aliphatic hydroxyl groups excluding tert-OH is 1. The summed E-state index contributed by atoms with van der Waals surface area (Å²) >= 11 is 0. The predicted octanol–water partition coefficient (Wildman–Crippen LogP) is -1.41. The third-order valence-corrected chi connectivity index (χ3v) is 3.95. The highest BCUT2D eigenvalue weighted by molar-refractivity contribution is 7.91. The lowest BCUT2D eigenvalue weighted by Gasteiger charge is -2.10. The lowest BCUT2D eigenvalue weighted by molar-refractivity contribution is -0.108. The molecule has 5 nitrogen and oxygen atoms in total. The third-order valence-electron chi connectivity index (χ3n) is 1.87. The van der Waals surface area contributed by atoms with Gasteiger partial charge in [0, 0.05) is 0 Å². The van der Waals surface area contributed by atoms with Gasteiger partial charge in [0.05, 0.1) is 6.61 Å². The maximum atomic E-state index is 11.0. The molecule has 1 aliphatic rings. The second-order valence-corrected chi connectivity index (χ2v) is 4.69. The first-order valence-corrected chi connectivity index (χ1v) is 4.63. The zero-order valence-electron chi connectivity index (χ0n) is 5.78. The van der Waals surface area contributed by atoms with E-state index in [2.05, 4.69) is 0 Å². The van der Waals surface area contributed by atoms with E-state index in [1.54, 1.807) is 4.72 Å². The van der Waals surface area contributed by atoms with E-state index in [0.717, 1.165) is 0 Å². The van der Waals surface area contributed by atoms with Gasteiger partial charge in [0.15, 0.2) is 0 Å². The van der Waals surface area contributed by atoms with Gasteiger partial charge in [0.25, 0.3) is 0 Å². The number of amides is 1. The first kappa shape index (κ1) is 8.48. The number of aliphatic hydroxyl groups is 1. The largest absolute Gasteiger partial charge is 0.395 e. The topological polar surface area (TPSA) is 83.5 Å². The van der Waals surface area contributed by atoms with Crippen LogP contribution in [0.25, 0.3) is 0 Å². The highest BCUT2D eigenvalue weighted by atomic mass is 32.2. The highest BCUT2D eigenvalue weighted by Crippen LogP contribution is 2.42.